The van der Waals surface area contributed by atoms with Crippen LogP contribution in [-0.2, 0) is 20.7 Å². The highest BCUT2D eigenvalue weighted by atomic mass is 16.5. The summed E-state index contributed by atoms with van der Waals surface area (Å²) in [6, 6.07) is 7.50. The molecule has 0 aromatic heterocycles. The van der Waals surface area contributed by atoms with Crippen LogP contribution in [0.25, 0.3) is 0 Å². The van der Waals surface area contributed by atoms with E-state index in [2.05, 4.69) is 0 Å². The summed E-state index contributed by atoms with van der Waals surface area (Å²) in [7, 11) is 1.61. The van der Waals surface area contributed by atoms with Crippen molar-refractivity contribution in [3.05, 3.63) is 29.8 Å². The third-order valence-corrected chi connectivity index (χ3v) is 4.14. The second-order valence-corrected chi connectivity index (χ2v) is 5.77. The van der Waals surface area contributed by atoms with Crippen LogP contribution in [0.5, 0.6) is 5.75 Å². The summed E-state index contributed by atoms with van der Waals surface area (Å²) in [6.45, 7) is 2.89. The molecule has 1 fully saturated rings. The van der Waals surface area contributed by atoms with Crippen LogP contribution in [0.2, 0.25) is 0 Å². The first-order valence-corrected chi connectivity index (χ1v) is 8.22. The zero-order valence-electron chi connectivity index (χ0n) is 13.9. The van der Waals surface area contributed by atoms with Gasteiger partial charge in [-0.05, 0) is 43.9 Å². The monoisotopic (exact) mass is 319 g/mol. The number of nitrogens with zero attached hydrogens (tertiary/aromatic N) is 1. The molecule has 0 N–H and O–H groups in total. The van der Waals surface area contributed by atoms with Gasteiger partial charge in [0.1, 0.15) is 5.75 Å². The van der Waals surface area contributed by atoms with Crippen molar-refractivity contribution in [2.24, 2.45) is 0 Å². The summed E-state index contributed by atoms with van der Waals surface area (Å²) < 4.78 is 10.2. The molecule has 1 aliphatic rings. The van der Waals surface area contributed by atoms with E-state index in [-0.39, 0.29) is 24.3 Å². The van der Waals surface area contributed by atoms with E-state index in [9.17, 15) is 9.59 Å². The lowest BCUT2D eigenvalue weighted by atomic mass is 9.98. The van der Waals surface area contributed by atoms with Crippen molar-refractivity contribution >= 4 is 11.9 Å². The second kappa shape index (κ2) is 8.56. The number of piperidine rings is 1. The number of rotatable bonds is 6. The van der Waals surface area contributed by atoms with Gasteiger partial charge in [0.15, 0.2) is 0 Å². The van der Waals surface area contributed by atoms with E-state index in [0.29, 0.717) is 19.6 Å². The lowest BCUT2D eigenvalue weighted by Gasteiger charge is -2.35. The van der Waals surface area contributed by atoms with Crippen LogP contribution in [0, 0.1) is 0 Å². The average Bonchev–Trinajstić information content (AvgIpc) is 2.55. The van der Waals surface area contributed by atoms with Crippen LogP contribution in [0.4, 0.5) is 0 Å². The van der Waals surface area contributed by atoms with E-state index in [0.717, 1.165) is 30.6 Å². The maximum atomic E-state index is 12.6. The Morgan fingerprint density at radius 2 is 2.13 bits per heavy atom. The van der Waals surface area contributed by atoms with Gasteiger partial charge in [0, 0.05) is 12.6 Å². The summed E-state index contributed by atoms with van der Waals surface area (Å²) in [5, 5.41) is 0. The molecule has 1 unspecified atom stereocenters. The van der Waals surface area contributed by atoms with Gasteiger partial charge in [0.05, 0.1) is 26.6 Å². The van der Waals surface area contributed by atoms with E-state index in [4.69, 9.17) is 9.47 Å². The van der Waals surface area contributed by atoms with Gasteiger partial charge in [-0.2, -0.15) is 0 Å². The second-order valence-electron chi connectivity index (χ2n) is 5.77. The minimum atomic E-state index is -0.224. The van der Waals surface area contributed by atoms with Gasteiger partial charge in [0.25, 0.3) is 0 Å². The van der Waals surface area contributed by atoms with Crippen LogP contribution in [0.15, 0.2) is 24.3 Å². The topological polar surface area (TPSA) is 55.8 Å². The van der Waals surface area contributed by atoms with Crippen LogP contribution < -0.4 is 4.74 Å². The minimum absolute atomic E-state index is 0.0408. The smallest absolute Gasteiger partial charge is 0.307 e. The van der Waals surface area contributed by atoms with E-state index >= 15 is 0 Å². The number of amides is 1. The molecule has 0 bridgehead atoms. The lowest BCUT2D eigenvalue weighted by Crippen LogP contribution is -2.45. The SMILES string of the molecule is CCOC(=O)CC1CCCCN1C(=O)Cc1cccc(OC)c1. The Kier molecular flexibility index (Phi) is 6.44. The molecule has 1 heterocycles. The summed E-state index contributed by atoms with van der Waals surface area (Å²) in [5.74, 6) is 0.586. The van der Waals surface area contributed by atoms with Gasteiger partial charge < -0.3 is 14.4 Å². The van der Waals surface area contributed by atoms with Gasteiger partial charge in [-0.3, -0.25) is 9.59 Å². The fourth-order valence-corrected chi connectivity index (χ4v) is 3.01. The number of likely N-dealkylation sites (tertiary alicyclic amines) is 1. The maximum Gasteiger partial charge on any atom is 0.307 e. The molecule has 0 radical (unpaired) electrons. The first-order valence-electron chi connectivity index (χ1n) is 8.22. The number of methoxy groups -OCH3 is 1. The predicted octanol–water partition coefficient (Wildman–Crippen LogP) is 2.57. The molecule has 126 valence electrons. The number of benzene rings is 1. The first-order chi connectivity index (χ1) is 11.1. The first kappa shape index (κ1) is 17.3. The van der Waals surface area contributed by atoms with Crippen molar-refractivity contribution < 1.29 is 19.1 Å². The lowest BCUT2D eigenvalue weighted by molar-refractivity contribution is -0.146. The number of hydrogen-bond acceptors (Lipinski definition) is 4. The van der Waals surface area contributed by atoms with Gasteiger partial charge in [-0.15, -0.1) is 0 Å². The highest BCUT2D eigenvalue weighted by molar-refractivity contribution is 5.80. The zero-order chi connectivity index (χ0) is 16.7. The maximum absolute atomic E-state index is 12.6. The molecule has 1 amide bonds. The fourth-order valence-electron chi connectivity index (χ4n) is 3.01. The van der Waals surface area contributed by atoms with Gasteiger partial charge in [0.2, 0.25) is 5.91 Å². The molecule has 1 aromatic rings. The van der Waals surface area contributed by atoms with Gasteiger partial charge in [-0.1, -0.05) is 12.1 Å². The standard InChI is InChI=1S/C18H25NO4/c1-3-23-18(21)13-15-8-4-5-10-19(15)17(20)12-14-7-6-9-16(11-14)22-2/h6-7,9,11,15H,3-5,8,10,12-13H2,1-2H3. The molecule has 0 spiro atoms. The molecule has 1 aromatic carbocycles. The number of carbonyl (C=O) groups is 2. The van der Waals surface area contributed by atoms with Crippen LogP contribution in [0.1, 0.15) is 38.2 Å². The predicted molar refractivity (Wildman–Crippen MR) is 87.3 cm³/mol. The summed E-state index contributed by atoms with van der Waals surface area (Å²) >= 11 is 0. The molecular weight excluding hydrogens is 294 g/mol. The molecule has 0 saturated carbocycles. The minimum Gasteiger partial charge on any atom is -0.497 e. The van der Waals surface area contributed by atoms with E-state index in [1.807, 2.05) is 29.2 Å². The van der Waals surface area contributed by atoms with Crippen molar-refractivity contribution in [2.75, 3.05) is 20.3 Å². The molecule has 0 aliphatic carbocycles. The van der Waals surface area contributed by atoms with Crippen molar-refractivity contribution in [3.8, 4) is 5.75 Å². The van der Waals surface area contributed by atoms with Crippen LogP contribution in [-0.4, -0.2) is 43.1 Å². The normalized spacial score (nSPS) is 17.7. The molecule has 1 aliphatic heterocycles. The van der Waals surface area contributed by atoms with Crippen molar-refractivity contribution in [1.29, 1.82) is 0 Å². The third kappa shape index (κ3) is 4.98. The zero-order valence-corrected chi connectivity index (χ0v) is 13.9. The Balaban J connectivity index is 2.01. The van der Waals surface area contributed by atoms with E-state index in [1.54, 1.807) is 14.0 Å². The molecule has 2 rings (SSSR count). The summed E-state index contributed by atoms with van der Waals surface area (Å²) in [5.41, 5.74) is 0.926. The summed E-state index contributed by atoms with van der Waals surface area (Å²) in [4.78, 5) is 26.2. The third-order valence-electron chi connectivity index (χ3n) is 4.14. The fraction of sp³-hybridized carbons (Fsp3) is 0.556. The molecule has 1 saturated heterocycles. The van der Waals surface area contributed by atoms with E-state index < -0.39 is 0 Å². The highest BCUT2D eigenvalue weighted by Crippen LogP contribution is 2.22. The average molecular weight is 319 g/mol. The van der Waals surface area contributed by atoms with Crippen molar-refractivity contribution in [1.82, 2.24) is 4.90 Å². The number of hydrogen-bond donors (Lipinski definition) is 0. The Hall–Kier alpha value is -2.04. The number of esters is 1. The largest absolute Gasteiger partial charge is 0.497 e. The Morgan fingerprint density at radius 1 is 1.30 bits per heavy atom. The molecular formula is C18H25NO4. The molecule has 5 nitrogen and oxygen atoms in total. The van der Waals surface area contributed by atoms with Crippen LogP contribution in [0.3, 0.4) is 0 Å². The molecule has 1 atom stereocenters. The Labute approximate surface area is 137 Å². The van der Waals surface area contributed by atoms with Gasteiger partial charge in [-0.25, -0.2) is 0 Å². The summed E-state index contributed by atoms with van der Waals surface area (Å²) in [6.07, 6.45) is 3.52. The highest BCUT2D eigenvalue weighted by Gasteiger charge is 2.28. The van der Waals surface area contributed by atoms with E-state index in [1.165, 1.54) is 0 Å². The van der Waals surface area contributed by atoms with Gasteiger partial charge >= 0.3 is 5.97 Å². The number of carbonyl (C=O) groups excluding carboxylic acids is 2. The van der Waals surface area contributed by atoms with Crippen LogP contribution >= 0.6 is 0 Å². The Bertz CT molecular complexity index is 544. The molecule has 23 heavy (non-hydrogen) atoms. The quantitative estimate of drug-likeness (QED) is 0.756. The number of ether oxygens (including phenoxy) is 2. The van der Waals surface area contributed by atoms with Crippen molar-refractivity contribution in [2.45, 2.75) is 45.1 Å². The Morgan fingerprint density at radius 3 is 2.87 bits per heavy atom. The van der Waals surface area contributed by atoms with Crippen molar-refractivity contribution in [3.63, 3.8) is 0 Å². The molecule has 5 heteroatoms.